The lowest BCUT2D eigenvalue weighted by Crippen LogP contribution is -2.38. The number of aromatic nitrogens is 2. The van der Waals surface area contributed by atoms with Gasteiger partial charge in [0, 0.05) is 18.8 Å². The molecule has 0 spiro atoms. The van der Waals surface area contributed by atoms with E-state index in [1.807, 2.05) is 29.7 Å². The van der Waals surface area contributed by atoms with E-state index in [2.05, 4.69) is 10.3 Å². The van der Waals surface area contributed by atoms with Crippen molar-refractivity contribution in [1.29, 1.82) is 0 Å². The van der Waals surface area contributed by atoms with Crippen molar-refractivity contribution in [1.82, 2.24) is 14.7 Å². The summed E-state index contributed by atoms with van der Waals surface area (Å²) in [4.78, 5) is 16.7. The van der Waals surface area contributed by atoms with E-state index in [-0.39, 0.29) is 18.6 Å². The molecule has 0 aliphatic heterocycles. The Kier molecular flexibility index (Phi) is 3.92. The number of nitrogens with one attached hydrogen (secondary N) is 1. The Hall–Kier alpha value is -1.88. The molecule has 5 heteroatoms. The number of aliphatic hydroxyl groups is 1. The van der Waals surface area contributed by atoms with Gasteiger partial charge in [0.15, 0.2) is 0 Å². The molecular weight excluding hydrogens is 266 g/mol. The third kappa shape index (κ3) is 2.93. The van der Waals surface area contributed by atoms with Crippen LogP contribution < -0.4 is 5.32 Å². The fourth-order valence-electron chi connectivity index (χ4n) is 3.00. The number of fused-ring (bicyclic) bond motifs is 1. The summed E-state index contributed by atoms with van der Waals surface area (Å²) in [5, 5.41) is 12.3. The van der Waals surface area contributed by atoms with Gasteiger partial charge in [-0.3, -0.25) is 9.20 Å². The topological polar surface area (TPSA) is 66.6 Å². The molecule has 0 atom stereocenters. The van der Waals surface area contributed by atoms with Gasteiger partial charge in [0.25, 0.3) is 5.91 Å². The first-order valence-corrected chi connectivity index (χ1v) is 7.53. The van der Waals surface area contributed by atoms with Gasteiger partial charge in [-0.15, -0.1) is 0 Å². The SMILES string of the molecule is Cc1ccc2ncc(C(=O)NC3CCC(CO)CC3)n2c1. The number of amides is 1. The summed E-state index contributed by atoms with van der Waals surface area (Å²) in [6, 6.07) is 4.11. The van der Waals surface area contributed by atoms with E-state index in [1.54, 1.807) is 6.20 Å². The predicted molar refractivity (Wildman–Crippen MR) is 80.2 cm³/mol. The van der Waals surface area contributed by atoms with Crippen molar-refractivity contribution in [2.45, 2.75) is 38.6 Å². The summed E-state index contributed by atoms with van der Waals surface area (Å²) in [5.74, 6) is 0.331. The number of hydrogen-bond donors (Lipinski definition) is 2. The minimum atomic E-state index is -0.0689. The zero-order valence-electron chi connectivity index (χ0n) is 12.2. The second-order valence-electron chi connectivity index (χ2n) is 5.95. The molecule has 21 heavy (non-hydrogen) atoms. The molecule has 0 saturated heterocycles. The van der Waals surface area contributed by atoms with Crippen LogP contribution in [0.4, 0.5) is 0 Å². The first-order valence-electron chi connectivity index (χ1n) is 7.53. The van der Waals surface area contributed by atoms with Gasteiger partial charge in [0.05, 0.1) is 6.20 Å². The monoisotopic (exact) mass is 287 g/mol. The van der Waals surface area contributed by atoms with Gasteiger partial charge in [0.1, 0.15) is 11.3 Å². The van der Waals surface area contributed by atoms with E-state index in [0.717, 1.165) is 36.9 Å². The maximum absolute atomic E-state index is 12.4. The van der Waals surface area contributed by atoms with Crippen LogP contribution in [0.3, 0.4) is 0 Å². The normalized spacial score (nSPS) is 22.4. The average Bonchev–Trinajstić information content (AvgIpc) is 2.91. The number of hydrogen-bond acceptors (Lipinski definition) is 3. The molecule has 2 aromatic rings. The number of imidazole rings is 1. The van der Waals surface area contributed by atoms with Gasteiger partial charge in [-0.2, -0.15) is 0 Å². The van der Waals surface area contributed by atoms with Gasteiger partial charge in [-0.25, -0.2) is 4.98 Å². The van der Waals surface area contributed by atoms with Gasteiger partial charge >= 0.3 is 0 Å². The van der Waals surface area contributed by atoms with Crippen molar-refractivity contribution in [3.8, 4) is 0 Å². The molecule has 3 rings (SSSR count). The van der Waals surface area contributed by atoms with Gasteiger partial charge < -0.3 is 10.4 Å². The van der Waals surface area contributed by atoms with Crippen LogP contribution in [0.15, 0.2) is 24.5 Å². The van der Waals surface area contributed by atoms with Crippen molar-refractivity contribution < 1.29 is 9.90 Å². The van der Waals surface area contributed by atoms with Crippen LogP contribution in [0.25, 0.3) is 5.65 Å². The summed E-state index contributed by atoms with van der Waals surface area (Å²) in [7, 11) is 0. The van der Waals surface area contributed by atoms with Gasteiger partial charge in [-0.1, -0.05) is 6.07 Å². The summed E-state index contributed by atoms with van der Waals surface area (Å²) in [6.07, 6.45) is 7.39. The standard InChI is InChI=1S/C16H21N3O2/c1-11-2-7-15-17-8-14(19(15)9-11)16(21)18-13-5-3-12(10-20)4-6-13/h2,7-9,12-13,20H,3-6,10H2,1H3,(H,18,21). The van der Waals surface area contributed by atoms with E-state index in [9.17, 15) is 4.79 Å². The quantitative estimate of drug-likeness (QED) is 0.906. The first-order chi connectivity index (χ1) is 10.2. The highest BCUT2D eigenvalue weighted by molar-refractivity contribution is 5.93. The number of aryl methyl sites for hydroxylation is 1. The van der Waals surface area contributed by atoms with Gasteiger partial charge in [0.2, 0.25) is 0 Å². The van der Waals surface area contributed by atoms with E-state index in [1.165, 1.54) is 0 Å². The molecule has 1 aliphatic carbocycles. The number of rotatable bonds is 3. The van der Waals surface area contributed by atoms with Crippen LogP contribution >= 0.6 is 0 Å². The molecule has 2 N–H and O–H groups in total. The fourth-order valence-corrected chi connectivity index (χ4v) is 3.00. The third-order valence-corrected chi connectivity index (χ3v) is 4.33. The first kappa shape index (κ1) is 14.1. The second kappa shape index (κ2) is 5.85. The maximum Gasteiger partial charge on any atom is 0.270 e. The lowest BCUT2D eigenvalue weighted by Gasteiger charge is -2.27. The van der Waals surface area contributed by atoms with Crippen LogP contribution in [0.2, 0.25) is 0 Å². The van der Waals surface area contributed by atoms with Crippen molar-refractivity contribution in [3.63, 3.8) is 0 Å². The molecule has 1 aliphatic rings. The van der Waals surface area contributed by atoms with Crippen molar-refractivity contribution in [3.05, 3.63) is 35.8 Å². The summed E-state index contributed by atoms with van der Waals surface area (Å²) in [5.41, 5.74) is 2.46. The summed E-state index contributed by atoms with van der Waals surface area (Å²) >= 11 is 0. The zero-order valence-corrected chi connectivity index (χ0v) is 12.2. The number of nitrogens with zero attached hydrogens (tertiary/aromatic N) is 2. The largest absolute Gasteiger partial charge is 0.396 e. The molecule has 112 valence electrons. The Balaban J connectivity index is 1.71. The van der Waals surface area contributed by atoms with E-state index in [0.29, 0.717) is 11.6 Å². The highest BCUT2D eigenvalue weighted by Crippen LogP contribution is 2.24. The average molecular weight is 287 g/mol. The molecule has 1 fully saturated rings. The number of carbonyl (C=O) groups is 1. The van der Waals surface area contributed by atoms with Crippen molar-refractivity contribution in [2.24, 2.45) is 5.92 Å². The molecule has 5 nitrogen and oxygen atoms in total. The van der Waals surface area contributed by atoms with E-state index >= 15 is 0 Å². The highest BCUT2D eigenvalue weighted by atomic mass is 16.3. The second-order valence-corrected chi connectivity index (χ2v) is 5.95. The third-order valence-electron chi connectivity index (χ3n) is 4.33. The minimum absolute atomic E-state index is 0.0689. The van der Waals surface area contributed by atoms with Gasteiger partial charge in [-0.05, 0) is 50.2 Å². The van der Waals surface area contributed by atoms with Crippen LogP contribution in [0.1, 0.15) is 41.7 Å². The van der Waals surface area contributed by atoms with E-state index in [4.69, 9.17) is 5.11 Å². The molecule has 2 aromatic heterocycles. The van der Waals surface area contributed by atoms with Crippen LogP contribution in [0, 0.1) is 12.8 Å². The lowest BCUT2D eigenvalue weighted by atomic mass is 9.86. The molecule has 0 aromatic carbocycles. The molecule has 1 amide bonds. The molecular formula is C16H21N3O2. The van der Waals surface area contributed by atoms with Crippen LogP contribution in [-0.2, 0) is 0 Å². The predicted octanol–water partition coefficient (Wildman–Crippen LogP) is 1.92. The Labute approximate surface area is 124 Å². The summed E-state index contributed by atoms with van der Waals surface area (Å²) < 4.78 is 1.84. The maximum atomic E-state index is 12.4. The molecule has 0 bridgehead atoms. The minimum Gasteiger partial charge on any atom is -0.396 e. The molecule has 0 radical (unpaired) electrons. The molecule has 0 unspecified atom stereocenters. The van der Waals surface area contributed by atoms with Crippen molar-refractivity contribution >= 4 is 11.6 Å². The van der Waals surface area contributed by atoms with Crippen LogP contribution in [0.5, 0.6) is 0 Å². The lowest BCUT2D eigenvalue weighted by molar-refractivity contribution is 0.0908. The highest BCUT2D eigenvalue weighted by Gasteiger charge is 2.23. The van der Waals surface area contributed by atoms with E-state index < -0.39 is 0 Å². The Bertz CT molecular complexity index is 642. The molecule has 1 saturated carbocycles. The van der Waals surface area contributed by atoms with Crippen molar-refractivity contribution in [2.75, 3.05) is 6.61 Å². The smallest absolute Gasteiger partial charge is 0.270 e. The molecule has 2 heterocycles. The number of aliphatic hydroxyl groups excluding tert-OH is 1. The Morgan fingerprint density at radius 1 is 1.38 bits per heavy atom. The number of carbonyl (C=O) groups excluding carboxylic acids is 1. The zero-order chi connectivity index (χ0) is 14.8. The fraction of sp³-hybridized carbons (Fsp3) is 0.500. The summed E-state index contributed by atoms with van der Waals surface area (Å²) in [6.45, 7) is 2.25. The Morgan fingerprint density at radius 3 is 2.86 bits per heavy atom. The number of pyridine rings is 1. The Morgan fingerprint density at radius 2 is 2.14 bits per heavy atom. The van der Waals surface area contributed by atoms with Crippen LogP contribution in [-0.4, -0.2) is 33.0 Å².